The highest BCUT2D eigenvalue weighted by Gasteiger charge is 2.19. The van der Waals surface area contributed by atoms with E-state index >= 15 is 0 Å². The second kappa shape index (κ2) is 5.11. The molecule has 104 valence electrons. The quantitative estimate of drug-likeness (QED) is 0.563. The number of aromatic nitrogens is 2. The Bertz CT molecular complexity index is 728. The maximum Gasteiger partial charge on any atom is 0.125 e. The van der Waals surface area contributed by atoms with Gasteiger partial charge in [0.05, 0.1) is 23.3 Å². The van der Waals surface area contributed by atoms with Gasteiger partial charge in [0.15, 0.2) is 0 Å². The fourth-order valence-corrected chi connectivity index (χ4v) is 2.53. The lowest BCUT2D eigenvalue weighted by molar-refractivity contribution is 0.407. The first-order valence-corrected chi connectivity index (χ1v) is 6.61. The van der Waals surface area contributed by atoms with Gasteiger partial charge in [0, 0.05) is 13.5 Å². The number of benzene rings is 1. The fraction of sp³-hybridized carbons (Fsp3) is 0.267. The van der Waals surface area contributed by atoms with Gasteiger partial charge in [0.2, 0.25) is 0 Å². The van der Waals surface area contributed by atoms with Crippen molar-refractivity contribution in [1.82, 2.24) is 15.0 Å². The van der Waals surface area contributed by atoms with Gasteiger partial charge >= 0.3 is 0 Å². The molecule has 3 N–H and O–H groups in total. The van der Waals surface area contributed by atoms with Gasteiger partial charge in [-0.1, -0.05) is 12.1 Å². The van der Waals surface area contributed by atoms with Crippen LogP contribution in [0.2, 0.25) is 0 Å². The second-order valence-corrected chi connectivity index (χ2v) is 4.97. The van der Waals surface area contributed by atoms with Crippen LogP contribution in [-0.4, -0.2) is 9.55 Å². The third-order valence-electron chi connectivity index (χ3n) is 3.69. The summed E-state index contributed by atoms with van der Waals surface area (Å²) in [5, 5.41) is 0. The summed E-state index contributed by atoms with van der Waals surface area (Å²) in [4.78, 5) is 4.67. The predicted octanol–water partition coefficient (Wildman–Crippen LogP) is 2.22. The van der Waals surface area contributed by atoms with Gasteiger partial charge in [-0.25, -0.2) is 10.4 Å². The number of furan rings is 1. The van der Waals surface area contributed by atoms with E-state index in [9.17, 15) is 0 Å². The summed E-state index contributed by atoms with van der Waals surface area (Å²) >= 11 is 0. The van der Waals surface area contributed by atoms with E-state index in [1.165, 1.54) is 0 Å². The van der Waals surface area contributed by atoms with Crippen LogP contribution in [0.3, 0.4) is 0 Å². The third kappa shape index (κ3) is 2.11. The Hall–Kier alpha value is -2.11. The monoisotopic (exact) mass is 270 g/mol. The minimum Gasteiger partial charge on any atom is -0.467 e. The van der Waals surface area contributed by atoms with Gasteiger partial charge < -0.3 is 8.98 Å². The van der Waals surface area contributed by atoms with Crippen LogP contribution >= 0.6 is 0 Å². The Balaban J connectivity index is 1.95. The van der Waals surface area contributed by atoms with Crippen molar-refractivity contribution in [1.29, 1.82) is 0 Å². The molecule has 0 fully saturated rings. The van der Waals surface area contributed by atoms with Crippen molar-refractivity contribution < 1.29 is 4.42 Å². The van der Waals surface area contributed by atoms with E-state index in [2.05, 4.69) is 21.0 Å². The van der Waals surface area contributed by atoms with E-state index < -0.39 is 0 Å². The molecule has 3 aromatic rings. The molecule has 0 amide bonds. The molecule has 0 aliphatic carbocycles. The number of imidazole rings is 1. The van der Waals surface area contributed by atoms with E-state index in [4.69, 9.17) is 10.3 Å². The molecular formula is C15H18N4O. The average molecular weight is 270 g/mol. The molecular weight excluding hydrogens is 252 g/mol. The number of rotatable bonds is 4. The zero-order valence-corrected chi connectivity index (χ0v) is 11.6. The minimum atomic E-state index is -0.0829. The SMILES string of the molecule is Cc1ccoc1C(Cc1nc2ccccc2n1C)NN. The smallest absolute Gasteiger partial charge is 0.125 e. The summed E-state index contributed by atoms with van der Waals surface area (Å²) in [7, 11) is 2.02. The Morgan fingerprint density at radius 2 is 2.15 bits per heavy atom. The molecule has 0 saturated carbocycles. The van der Waals surface area contributed by atoms with Gasteiger partial charge in [-0.3, -0.25) is 5.84 Å². The Morgan fingerprint density at radius 1 is 1.35 bits per heavy atom. The summed E-state index contributed by atoms with van der Waals surface area (Å²) in [6.07, 6.45) is 2.36. The van der Waals surface area contributed by atoms with Gasteiger partial charge in [-0.15, -0.1) is 0 Å². The molecule has 1 unspecified atom stereocenters. The summed E-state index contributed by atoms with van der Waals surface area (Å²) in [6.45, 7) is 2.01. The molecule has 2 heterocycles. The van der Waals surface area contributed by atoms with Gasteiger partial charge in [-0.05, 0) is 30.7 Å². The second-order valence-electron chi connectivity index (χ2n) is 4.97. The molecule has 3 rings (SSSR count). The lowest BCUT2D eigenvalue weighted by Crippen LogP contribution is -2.30. The molecule has 0 aliphatic rings. The van der Waals surface area contributed by atoms with Crippen LogP contribution in [0.4, 0.5) is 0 Å². The van der Waals surface area contributed by atoms with Gasteiger partial charge in [-0.2, -0.15) is 0 Å². The van der Waals surface area contributed by atoms with Crippen molar-refractivity contribution in [2.75, 3.05) is 0 Å². The van der Waals surface area contributed by atoms with Crippen LogP contribution in [-0.2, 0) is 13.5 Å². The zero-order chi connectivity index (χ0) is 14.1. The number of nitrogens with one attached hydrogen (secondary N) is 1. The maximum absolute atomic E-state index is 5.68. The number of para-hydroxylation sites is 2. The molecule has 0 radical (unpaired) electrons. The number of fused-ring (bicyclic) bond motifs is 1. The van der Waals surface area contributed by atoms with E-state index in [0.717, 1.165) is 28.2 Å². The van der Waals surface area contributed by atoms with E-state index in [1.807, 2.05) is 38.2 Å². The molecule has 5 nitrogen and oxygen atoms in total. The molecule has 2 aromatic heterocycles. The number of nitrogens with zero attached hydrogens (tertiary/aromatic N) is 2. The zero-order valence-electron chi connectivity index (χ0n) is 11.6. The highest BCUT2D eigenvalue weighted by Crippen LogP contribution is 2.23. The van der Waals surface area contributed by atoms with Crippen LogP contribution in [0.5, 0.6) is 0 Å². The van der Waals surface area contributed by atoms with Crippen LogP contribution < -0.4 is 11.3 Å². The average Bonchev–Trinajstić information content (AvgIpc) is 3.01. The van der Waals surface area contributed by atoms with Crippen LogP contribution in [0.25, 0.3) is 11.0 Å². The van der Waals surface area contributed by atoms with Crippen molar-refractivity contribution in [3.8, 4) is 0 Å². The van der Waals surface area contributed by atoms with Gasteiger partial charge in [0.1, 0.15) is 11.6 Å². The molecule has 0 bridgehead atoms. The van der Waals surface area contributed by atoms with E-state index in [-0.39, 0.29) is 6.04 Å². The van der Waals surface area contributed by atoms with Crippen LogP contribution in [0, 0.1) is 6.92 Å². The largest absolute Gasteiger partial charge is 0.467 e. The molecule has 1 atom stereocenters. The lowest BCUT2D eigenvalue weighted by Gasteiger charge is -2.14. The van der Waals surface area contributed by atoms with E-state index in [0.29, 0.717) is 6.42 Å². The summed E-state index contributed by atoms with van der Waals surface area (Å²) < 4.78 is 7.62. The highest BCUT2D eigenvalue weighted by atomic mass is 16.3. The van der Waals surface area contributed by atoms with Crippen molar-refractivity contribution in [2.45, 2.75) is 19.4 Å². The van der Waals surface area contributed by atoms with Crippen LogP contribution in [0.1, 0.15) is 23.2 Å². The number of aryl methyl sites for hydroxylation is 2. The third-order valence-corrected chi connectivity index (χ3v) is 3.69. The lowest BCUT2D eigenvalue weighted by atomic mass is 10.1. The molecule has 0 saturated heterocycles. The molecule has 5 heteroatoms. The topological polar surface area (TPSA) is 69.0 Å². The highest BCUT2D eigenvalue weighted by molar-refractivity contribution is 5.75. The van der Waals surface area contributed by atoms with Crippen molar-refractivity contribution in [3.05, 3.63) is 53.7 Å². The standard InChI is InChI=1S/C15H18N4O/c1-10-7-8-20-15(10)12(18-16)9-14-17-11-5-3-4-6-13(11)19(14)2/h3-8,12,18H,9,16H2,1-2H3. The summed E-state index contributed by atoms with van der Waals surface area (Å²) in [5.74, 6) is 7.52. The first-order valence-electron chi connectivity index (χ1n) is 6.61. The minimum absolute atomic E-state index is 0.0829. The number of hydrazine groups is 1. The number of hydrogen-bond acceptors (Lipinski definition) is 4. The van der Waals surface area contributed by atoms with Crippen LogP contribution in [0.15, 0.2) is 41.0 Å². The first kappa shape index (κ1) is 12.9. The number of nitrogens with two attached hydrogens (primary N) is 1. The van der Waals surface area contributed by atoms with E-state index in [1.54, 1.807) is 6.26 Å². The Kier molecular flexibility index (Phi) is 3.30. The summed E-state index contributed by atoms with van der Waals surface area (Å²) in [5.41, 5.74) is 6.02. The Morgan fingerprint density at radius 3 is 2.80 bits per heavy atom. The Labute approximate surface area is 117 Å². The molecule has 0 spiro atoms. The fourth-order valence-electron chi connectivity index (χ4n) is 2.53. The van der Waals surface area contributed by atoms with Crippen molar-refractivity contribution >= 4 is 11.0 Å². The number of hydrogen-bond donors (Lipinski definition) is 2. The van der Waals surface area contributed by atoms with Crippen molar-refractivity contribution in [2.24, 2.45) is 12.9 Å². The first-order chi connectivity index (χ1) is 9.70. The normalized spacial score (nSPS) is 12.9. The molecule has 1 aromatic carbocycles. The molecule has 20 heavy (non-hydrogen) atoms. The molecule has 0 aliphatic heterocycles. The van der Waals surface area contributed by atoms with Gasteiger partial charge in [0.25, 0.3) is 0 Å². The summed E-state index contributed by atoms with van der Waals surface area (Å²) in [6, 6.07) is 9.95. The van der Waals surface area contributed by atoms with Crippen molar-refractivity contribution in [3.63, 3.8) is 0 Å². The predicted molar refractivity (Wildman–Crippen MR) is 77.9 cm³/mol. The maximum atomic E-state index is 5.68.